The molecule has 3 nitrogen and oxygen atoms in total. The van der Waals surface area contributed by atoms with Crippen molar-refractivity contribution in [1.29, 1.82) is 0 Å². The smallest absolute Gasteiger partial charge is 0.222 e. The minimum Gasteiger partial charge on any atom is -0.337 e. The molecule has 1 saturated heterocycles. The molecule has 1 aliphatic rings. The molecule has 0 bridgehead atoms. The number of nitrogens with zero attached hydrogens (tertiary/aromatic N) is 2. The Balaban J connectivity index is 0.00000420. The van der Waals surface area contributed by atoms with Crippen molar-refractivity contribution in [2.75, 3.05) is 26.2 Å². The number of halogens is 1. The third-order valence-corrected chi connectivity index (χ3v) is 3.62. The van der Waals surface area contributed by atoms with E-state index in [0.29, 0.717) is 19.6 Å². The summed E-state index contributed by atoms with van der Waals surface area (Å²) in [6.45, 7) is 0.408. The summed E-state index contributed by atoms with van der Waals surface area (Å²) in [5.74, 6) is -1.11. The predicted molar refractivity (Wildman–Crippen MR) is 95.2 cm³/mol. The molecule has 1 heterocycles. The molecule has 0 aliphatic carbocycles. The van der Waals surface area contributed by atoms with E-state index in [0.717, 1.165) is 5.56 Å². The fourth-order valence-corrected chi connectivity index (χ4v) is 2.53. The lowest BCUT2D eigenvalue weighted by Crippen LogP contribution is -2.53. The van der Waals surface area contributed by atoms with E-state index < -0.39 is 25.5 Å². The molecule has 0 radical (unpaired) electrons. The molecule has 0 spiro atoms. The molecule has 22 heavy (non-hydrogen) atoms. The molecule has 2 rings (SSSR count). The second-order valence-corrected chi connectivity index (χ2v) is 5.17. The average molecular weight is 330 g/mol. The van der Waals surface area contributed by atoms with E-state index in [4.69, 9.17) is 9.60 Å². The van der Waals surface area contributed by atoms with Crippen LogP contribution in [0, 0.1) is 0 Å². The van der Waals surface area contributed by atoms with Crippen molar-refractivity contribution in [2.45, 2.75) is 32.6 Å². The van der Waals surface area contributed by atoms with Crippen LogP contribution >= 0.6 is 12.4 Å². The number of piperazine rings is 1. The van der Waals surface area contributed by atoms with E-state index in [1.807, 2.05) is 42.5 Å². The molecule has 1 fully saturated rings. The summed E-state index contributed by atoms with van der Waals surface area (Å²) < 4.78 is 52.9. The van der Waals surface area contributed by atoms with Gasteiger partial charge in [-0.1, -0.05) is 49.3 Å². The van der Waals surface area contributed by atoms with Crippen LogP contribution in [0.2, 0.25) is 0 Å². The molecule has 1 aromatic carbocycles. The molecule has 1 amide bonds. The molecule has 1 aromatic rings. The highest BCUT2D eigenvalue weighted by Crippen LogP contribution is 2.12. The minimum atomic E-state index is -3.27. The number of hydrogen-bond acceptors (Lipinski definition) is 2. The van der Waals surface area contributed by atoms with Gasteiger partial charge in [-0.2, -0.15) is 0 Å². The number of carbonyl (C=O) groups is 1. The van der Waals surface area contributed by atoms with Gasteiger partial charge in [0.1, 0.15) is 0 Å². The quantitative estimate of drug-likeness (QED) is 0.826. The monoisotopic (exact) mass is 329 g/mol. The SMILES string of the molecule is Cl.[2H]C([2H])([2H])C([2H])([2H])C([2H])([2H])C(=O)N1CCN(CC=Cc2ccccc2)CC1C. The third kappa shape index (κ3) is 5.47. The molecular weight excluding hydrogens is 296 g/mol. The molecule has 1 unspecified atom stereocenters. The Kier molecular flexibility index (Phi) is 4.58. The summed E-state index contributed by atoms with van der Waals surface area (Å²) in [5, 5.41) is 0. The van der Waals surface area contributed by atoms with Gasteiger partial charge >= 0.3 is 0 Å². The Bertz CT molecular complexity index is 710. The Labute approximate surface area is 150 Å². The zero-order valence-corrected chi connectivity index (χ0v) is 13.5. The van der Waals surface area contributed by atoms with Crippen molar-refractivity contribution in [2.24, 2.45) is 0 Å². The molecule has 0 N–H and O–H groups in total. The van der Waals surface area contributed by atoms with E-state index in [2.05, 4.69) is 4.90 Å². The molecule has 0 aromatic heterocycles. The van der Waals surface area contributed by atoms with Crippen LogP contribution in [0.25, 0.3) is 6.08 Å². The minimum absolute atomic E-state index is 0. The second-order valence-electron chi connectivity index (χ2n) is 5.17. The highest BCUT2D eigenvalue weighted by atomic mass is 35.5. The van der Waals surface area contributed by atoms with Gasteiger partial charge in [0.05, 0.1) is 0 Å². The van der Waals surface area contributed by atoms with Crippen molar-refractivity contribution in [3.05, 3.63) is 42.0 Å². The maximum Gasteiger partial charge on any atom is 0.222 e. The molecule has 1 atom stereocenters. The second kappa shape index (κ2) is 9.65. The summed E-state index contributed by atoms with van der Waals surface area (Å²) in [5.41, 5.74) is 1.09. The molecule has 4 heteroatoms. The van der Waals surface area contributed by atoms with Gasteiger partial charge in [-0.15, -0.1) is 12.4 Å². The lowest BCUT2D eigenvalue weighted by atomic mass is 10.1. The highest BCUT2D eigenvalue weighted by Gasteiger charge is 2.25. The van der Waals surface area contributed by atoms with E-state index >= 15 is 0 Å². The van der Waals surface area contributed by atoms with Gasteiger partial charge in [0.2, 0.25) is 5.91 Å². The highest BCUT2D eigenvalue weighted by molar-refractivity contribution is 5.85. The van der Waals surface area contributed by atoms with Gasteiger partial charge in [-0.3, -0.25) is 9.69 Å². The van der Waals surface area contributed by atoms with E-state index in [1.54, 1.807) is 6.92 Å². The third-order valence-electron chi connectivity index (χ3n) is 3.62. The first-order chi connectivity index (χ1) is 12.9. The summed E-state index contributed by atoms with van der Waals surface area (Å²) in [6.07, 6.45) is -2.38. The van der Waals surface area contributed by atoms with Gasteiger partial charge < -0.3 is 4.90 Å². The standard InChI is InChI=1S/C18H26N2O.ClH/c1-3-8-18(21)20-14-13-19(15-16(20)2)12-7-11-17-9-5-4-6-10-17;/h4-7,9-11,16H,3,8,12-15H2,1-2H3;1H/i1D3,3D2,8D2;. The van der Waals surface area contributed by atoms with Crippen LogP contribution in [-0.4, -0.2) is 47.9 Å². The first kappa shape index (κ1) is 10.5. The van der Waals surface area contributed by atoms with Crippen molar-refractivity contribution in [3.8, 4) is 0 Å². The van der Waals surface area contributed by atoms with Crippen LogP contribution in [0.4, 0.5) is 0 Å². The van der Waals surface area contributed by atoms with Crippen molar-refractivity contribution >= 4 is 24.4 Å². The lowest BCUT2D eigenvalue weighted by molar-refractivity contribution is -0.135. The Morgan fingerprint density at radius 3 is 2.86 bits per heavy atom. The largest absolute Gasteiger partial charge is 0.337 e. The number of amides is 1. The summed E-state index contributed by atoms with van der Waals surface area (Å²) in [4.78, 5) is 16.0. The summed E-state index contributed by atoms with van der Waals surface area (Å²) in [6, 6.07) is 9.50. The van der Waals surface area contributed by atoms with Gasteiger partial charge in [0.15, 0.2) is 0 Å². The lowest BCUT2D eigenvalue weighted by Gasteiger charge is -2.39. The number of carbonyl (C=O) groups excluding carboxylic acids is 1. The number of benzene rings is 1. The van der Waals surface area contributed by atoms with E-state index in [9.17, 15) is 4.79 Å². The van der Waals surface area contributed by atoms with Crippen LogP contribution in [0.5, 0.6) is 0 Å². The normalized spacial score (nSPS) is 25.8. The van der Waals surface area contributed by atoms with E-state index in [1.165, 1.54) is 4.90 Å². The van der Waals surface area contributed by atoms with Crippen LogP contribution in [0.1, 0.15) is 41.7 Å². The first-order valence-electron chi connectivity index (χ1n) is 10.6. The summed E-state index contributed by atoms with van der Waals surface area (Å²) in [7, 11) is 0. The van der Waals surface area contributed by atoms with Crippen molar-refractivity contribution in [1.82, 2.24) is 9.80 Å². The topological polar surface area (TPSA) is 23.6 Å². The Morgan fingerprint density at radius 1 is 1.41 bits per heavy atom. The van der Waals surface area contributed by atoms with Crippen LogP contribution in [0.15, 0.2) is 36.4 Å². The van der Waals surface area contributed by atoms with E-state index in [-0.39, 0.29) is 25.0 Å². The number of rotatable bonds is 5. The van der Waals surface area contributed by atoms with Crippen LogP contribution < -0.4 is 0 Å². The van der Waals surface area contributed by atoms with Gasteiger partial charge in [0, 0.05) is 48.2 Å². The average Bonchev–Trinajstić information content (AvgIpc) is 2.61. The zero-order valence-electron chi connectivity index (χ0n) is 19.7. The molecular formula is C18H27ClN2O. The zero-order chi connectivity index (χ0) is 21.2. The summed E-state index contributed by atoms with van der Waals surface area (Å²) >= 11 is 0. The Morgan fingerprint density at radius 2 is 2.18 bits per heavy atom. The maximum atomic E-state index is 12.7. The maximum absolute atomic E-state index is 12.7. The fraction of sp³-hybridized carbons (Fsp3) is 0.500. The van der Waals surface area contributed by atoms with Gasteiger partial charge in [0.25, 0.3) is 0 Å². The Hall–Kier alpha value is -1.32. The molecule has 0 saturated carbocycles. The molecule has 122 valence electrons. The fourth-order valence-electron chi connectivity index (χ4n) is 2.53. The van der Waals surface area contributed by atoms with Crippen molar-refractivity contribution in [3.63, 3.8) is 0 Å². The predicted octanol–water partition coefficient (Wildman–Crippen LogP) is 3.45. The molecule has 1 aliphatic heterocycles. The van der Waals surface area contributed by atoms with Gasteiger partial charge in [-0.25, -0.2) is 0 Å². The first-order valence-corrected chi connectivity index (χ1v) is 7.13. The van der Waals surface area contributed by atoms with Crippen LogP contribution in [-0.2, 0) is 4.79 Å². The van der Waals surface area contributed by atoms with Crippen molar-refractivity contribution < 1.29 is 14.4 Å². The van der Waals surface area contributed by atoms with Crippen LogP contribution in [0.3, 0.4) is 0 Å². The van der Waals surface area contributed by atoms with Gasteiger partial charge in [-0.05, 0) is 18.9 Å². The number of hydrogen-bond donors (Lipinski definition) is 0.